The van der Waals surface area contributed by atoms with Crippen LogP contribution in [0.25, 0.3) is 17.7 Å². The predicted octanol–water partition coefficient (Wildman–Crippen LogP) is 3.74. The minimum atomic E-state index is -0.516. The maximum absolute atomic E-state index is 11.6. The third-order valence-corrected chi connectivity index (χ3v) is 3.07. The van der Waals surface area contributed by atoms with Crippen LogP contribution in [0.4, 0.5) is 0 Å². The molecule has 0 aliphatic heterocycles. The van der Waals surface area contributed by atoms with E-state index in [-0.39, 0.29) is 18.4 Å². The van der Waals surface area contributed by atoms with E-state index >= 15 is 0 Å². The molecule has 0 saturated heterocycles. The van der Waals surface area contributed by atoms with E-state index < -0.39 is 5.97 Å². The second kappa shape index (κ2) is 6.93. The van der Waals surface area contributed by atoms with E-state index in [4.69, 9.17) is 25.2 Å². The van der Waals surface area contributed by atoms with Crippen LogP contribution in [0.5, 0.6) is 0 Å². The Bertz CT molecular complexity index is 807. The summed E-state index contributed by atoms with van der Waals surface area (Å²) in [6, 6.07) is 10.5. The second-order valence-corrected chi connectivity index (χ2v) is 4.91. The molecule has 23 heavy (non-hydrogen) atoms. The number of ether oxygens (including phenoxy) is 1. The van der Waals surface area contributed by atoms with Crippen molar-refractivity contribution >= 4 is 23.6 Å². The van der Waals surface area contributed by atoms with E-state index in [1.165, 1.54) is 12.3 Å². The van der Waals surface area contributed by atoms with Gasteiger partial charge in [0.15, 0.2) is 12.4 Å². The van der Waals surface area contributed by atoms with E-state index in [1.807, 2.05) is 0 Å². The topological polar surface area (TPSA) is 78.4 Å². The van der Waals surface area contributed by atoms with E-state index in [1.54, 1.807) is 42.5 Å². The van der Waals surface area contributed by atoms with Gasteiger partial charge in [0.1, 0.15) is 0 Å². The average molecular weight is 331 g/mol. The number of halogens is 1. The molecule has 7 heteroatoms. The van der Waals surface area contributed by atoms with Crippen molar-refractivity contribution in [2.45, 2.75) is 6.61 Å². The third-order valence-electron chi connectivity index (χ3n) is 2.82. The smallest absolute Gasteiger partial charge is 0.331 e. The van der Waals surface area contributed by atoms with Crippen molar-refractivity contribution in [3.8, 4) is 11.7 Å². The molecule has 0 spiro atoms. The van der Waals surface area contributed by atoms with Gasteiger partial charge in [-0.15, -0.1) is 10.2 Å². The number of rotatable bonds is 5. The molecule has 0 radical (unpaired) electrons. The van der Waals surface area contributed by atoms with Crippen LogP contribution in [-0.4, -0.2) is 16.2 Å². The Morgan fingerprint density at radius 1 is 1.22 bits per heavy atom. The zero-order valence-electron chi connectivity index (χ0n) is 11.8. The molecule has 0 saturated carbocycles. The number of hydrogen-bond donors (Lipinski definition) is 0. The Morgan fingerprint density at radius 2 is 2.04 bits per heavy atom. The molecule has 0 fully saturated rings. The zero-order valence-corrected chi connectivity index (χ0v) is 12.6. The first-order valence-corrected chi connectivity index (χ1v) is 7.05. The van der Waals surface area contributed by atoms with Crippen LogP contribution in [-0.2, 0) is 16.1 Å². The van der Waals surface area contributed by atoms with Crippen molar-refractivity contribution in [3.63, 3.8) is 0 Å². The molecular formula is C16H11ClN2O4. The summed E-state index contributed by atoms with van der Waals surface area (Å²) in [4.78, 5) is 11.6. The molecule has 0 aliphatic rings. The summed E-state index contributed by atoms with van der Waals surface area (Å²) in [6.07, 6.45) is 4.44. The van der Waals surface area contributed by atoms with Gasteiger partial charge in [-0.25, -0.2) is 4.79 Å². The Hall–Kier alpha value is -2.86. The quantitative estimate of drug-likeness (QED) is 0.524. The number of furan rings is 1. The highest BCUT2D eigenvalue weighted by Crippen LogP contribution is 2.18. The highest BCUT2D eigenvalue weighted by atomic mass is 35.5. The Morgan fingerprint density at radius 3 is 2.78 bits per heavy atom. The summed E-state index contributed by atoms with van der Waals surface area (Å²) in [7, 11) is 0. The van der Waals surface area contributed by atoms with Crippen LogP contribution in [0, 0.1) is 0 Å². The molecule has 0 unspecified atom stereocenters. The zero-order chi connectivity index (χ0) is 16.1. The number of esters is 1. The van der Waals surface area contributed by atoms with Gasteiger partial charge < -0.3 is 13.6 Å². The van der Waals surface area contributed by atoms with Crippen molar-refractivity contribution in [2.75, 3.05) is 0 Å². The third kappa shape index (κ3) is 4.08. The molecule has 116 valence electrons. The summed E-state index contributed by atoms with van der Waals surface area (Å²) >= 11 is 5.79. The first kappa shape index (κ1) is 15.1. The fourth-order valence-electron chi connectivity index (χ4n) is 1.73. The van der Waals surface area contributed by atoms with Crippen molar-refractivity contribution in [1.82, 2.24) is 10.2 Å². The minimum Gasteiger partial charge on any atom is -0.459 e. The number of carbonyl (C=O) groups is 1. The molecule has 0 amide bonds. The summed E-state index contributed by atoms with van der Waals surface area (Å²) < 4.78 is 15.5. The lowest BCUT2D eigenvalue weighted by atomic mass is 10.2. The van der Waals surface area contributed by atoms with Crippen molar-refractivity contribution < 1.29 is 18.4 Å². The van der Waals surface area contributed by atoms with E-state index in [0.717, 1.165) is 5.56 Å². The summed E-state index contributed by atoms with van der Waals surface area (Å²) in [5.74, 6) is 0.359. The maximum Gasteiger partial charge on any atom is 0.331 e. The molecule has 3 aromatic rings. The van der Waals surface area contributed by atoms with E-state index in [2.05, 4.69) is 10.2 Å². The van der Waals surface area contributed by atoms with Gasteiger partial charge in [0.25, 0.3) is 11.8 Å². The molecule has 0 bridgehead atoms. The van der Waals surface area contributed by atoms with Crippen molar-refractivity contribution in [2.24, 2.45) is 0 Å². The first-order chi connectivity index (χ1) is 11.2. The molecule has 6 nitrogen and oxygen atoms in total. The second-order valence-electron chi connectivity index (χ2n) is 4.47. The number of aromatic nitrogens is 2. The Labute approximate surface area is 136 Å². The van der Waals surface area contributed by atoms with Crippen LogP contribution in [0.2, 0.25) is 5.02 Å². The number of benzene rings is 1. The normalized spacial score (nSPS) is 11.0. The highest BCUT2D eigenvalue weighted by molar-refractivity contribution is 6.30. The highest BCUT2D eigenvalue weighted by Gasteiger charge is 2.11. The fourth-order valence-corrected chi connectivity index (χ4v) is 1.86. The Balaban J connectivity index is 1.54. The SMILES string of the molecule is O=C(/C=C/c1ccc(Cl)cc1)OCc1nnc(-c2ccco2)o1. The monoisotopic (exact) mass is 330 g/mol. The molecule has 3 rings (SSSR count). The average Bonchev–Trinajstić information content (AvgIpc) is 3.23. The van der Waals surface area contributed by atoms with Crippen LogP contribution in [0.15, 0.2) is 57.6 Å². The largest absolute Gasteiger partial charge is 0.459 e. The van der Waals surface area contributed by atoms with Gasteiger partial charge in [-0.3, -0.25) is 0 Å². The van der Waals surface area contributed by atoms with Crippen LogP contribution in [0.1, 0.15) is 11.5 Å². The van der Waals surface area contributed by atoms with Crippen LogP contribution >= 0.6 is 11.6 Å². The lowest BCUT2D eigenvalue weighted by Crippen LogP contribution is -2.00. The van der Waals surface area contributed by atoms with E-state index in [0.29, 0.717) is 10.8 Å². The fraction of sp³-hybridized carbons (Fsp3) is 0.0625. The number of hydrogen-bond acceptors (Lipinski definition) is 6. The minimum absolute atomic E-state index is 0.114. The van der Waals surface area contributed by atoms with Crippen LogP contribution < -0.4 is 0 Å². The number of nitrogens with zero attached hydrogens (tertiary/aromatic N) is 2. The first-order valence-electron chi connectivity index (χ1n) is 6.67. The van der Waals surface area contributed by atoms with Gasteiger partial charge >= 0.3 is 5.97 Å². The summed E-state index contributed by atoms with van der Waals surface area (Å²) in [6.45, 7) is -0.114. The van der Waals surface area contributed by atoms with Gasteiger partial charge in [-0.2, -0.15) is 0 Å². The van der Waals surface area contributed by atoms with Gasteiger partial charge in [0, 0.05) is 11.1 Å². The molecule has 2 aromatic heterocycles. The van der Waals surface area contributed by atoms with Gasteiger partial charge in [-0.05, 0) is 35.9 Å². The lowest BCUT2D eigenvalue weighted by molar-refractivity contribution is -0.139. The van der Waals surface area contributed by atoms with Crippen molar-refractivity contribution in [1.29, 1.82) is 0 Å². The Kier molecular flexibility index (Phi) is 4.54. The molecular weight excluding hydrogens is 320 g/mol. The molecule has 0 aliphatic carbocycles. The van der Waals surface area contributed by atoms with Crippen LogP contribution in [0.3, 0.4) is 0 Å². The van der Waals surface area contributed by atoms with Gasteiger partial charge in [-0.1, -0.05) is 23.7 Å². The summed E-state index contributed by atoms with van der Waals surface area (Å²) in [5.41, 5.74) is 0.837. The molecule has 0 N–H and O–H groups in total. The van der Waals surface area contributed by atoms with Gasteiger partial charge in [0.2, 0.25) is 0 Å². The molecule has 1 aromatic carbocycles. The van der Waals surface area contributed by atoms with E-state index in [9.17, 15) is 4.79 Å². The molecule has 0 atom stereocenters. The number of carbonyl (C=O) groups excluding carboxylic acids is 1. The standard InChI is InChI=1S/C16H11ClN2O4/c17-12-6-3-11(4-7-12)5-8-15(20)22-10-14-18-19-16(23-14)13-2-1-9-21-13/h1-9H,10H2/b8-5+. The maximum atomic E-state index is 11.6. The lowest BCUT2D eigenvalue weighted by Gasteiger charge is -1.97. The van der Waals surface area contributed by atoms with Gasteiger partial charge in [0.05, 0.1) is 6.26 Å². The van der Waals surface area contributed by atoms with Crippen molar-refractivity contribution in [3.05, 3.63) is 65.2 Å². The predicted molar refractivity (Wildman–Crippen MR) is 82.3 cm³/mol. The summed E-state index contributed by atoms with van der Waals surface area (Å²) in [5, 5.41) is 8.22. The molecule has 2 heterocycles.